The van der Waals surface area contributed by atoms with Crippen molar-refractivity contribution >= 4 is 23.4 Å². The van der Waals surface area contributed by atoms with Gasteiger partial charge in [-0.3, -0.25) is 0 Å². The molecule has 0 bridgehead atoms. The van der Waals surface area contributed by atoms with Crippen LogP contribution in [0.3, 0.4) is 0 Å². The number of rotatable bonds is 6. The molecule has 0 amide bonds. The van der Waals surface area contributed by atoms with Crippen LogP contribution in [0.15, 0.2) is 17.3 Å². The second kappa shape index (κ2) is 7.23. The van der Waals surface area contributed by atoms with Gasteiger partial charge >= 0.3 is 0 Å². The number of nitrogens with zero attached hydrogens (tertiary/aromatic N) is 3. The van der Waals surface area contributed by atoms with Gasteiger partial charge in [0.15, 0.2) is 5.84 Å². The second-order valence-corrected chi connectivity index (χ2v) is 5.57. The number of amidine groups is 1. The molecular formula is C13H22N4OS. The maximum absolute atomic E-state index is 8.76. The third-order valence-corrected chi connectivity index (χ3v) is 3.75. The van der Waals surface area contributed by atoms with Crippen LogP contribution < -0.4 is 10.6 Å². The molecule has 0 aliphatic rings. The van der Waals surface area contributed by atoms with Gasteiger partial charge in [0.2, 0.25) is 0 Å². The summed E-state index contributed by atoms with van der Waals surface area (Å²) in [6, 6.07) is 4.04. The van der Waals surface area contributed by atoms with Crippen molar-refractivity contribution < 1.29 is 5.21 Å². The van der Waals surface area contributed by atoms with Crippen LogP contribution in [0, 0.1) is 6.92 Å². The Labute approximate surface area is 118 Å². The lowest BCUT2D eigenvalue weighted by Gasteiger charge is -2.26. The van der Waals surface area contributed by atoms with Gasteiger partial charge in [-0.05, 0) is 44.4 Å². The molecule has 0 saturated heterocycles. The van der Waals surface area contributed by atoms with Gasteiger partial charge in [0.05, 0.1) is 0 Å². The molecule has 0 aromatic carbocycles. The van der Waals surface area contributed by atoms with Crippen molar-refractivity contribution in [2.45, 2.75) is 26.3 Å². The molecule has 0 aliphatic carbocycles. The van der Waals surface area contributed by atoms with Gasteiger partial charge in [-0.2, -0.15) is 11.8 Å². The molecule has 0 fully saturated rings. The lowest BCUT2D eigenvalue weighted by atomic mass is 10.2. The summed E-state index contributed by atoms with van der Waals surface area (Å²) in [5.74, 6) is 2.07. The zero-order valence-corrected chi connectivity index (χ0v) is 12.7. The Kier molecular flexibility index (Phi) is 5.95. The van der Waals surface area contributed by atoms with E-state index in [1.807, 2.05) is 31.8 Å². The zero-order chi connectivity index (χ0) is 14.4. The Bertz CT molecular complexity index is 450. The largest absolute Gasteiger partial charge is 0.409 e. The predicted molar refractivity (Wildman–Crippen MR) is 82.3 cm³/mol. The van der Waals surface area contributed by atoms with E-state index in [4.69, 9.17) is 10.9 Å². The van der Waals surface area contributed by atoms with Gasteiger partial charge in [-0.25, -0.2) is 4.98 Å². The van der Waals surface area contributed by atoms with Crippen molar-refractivity contribution in [1.82, 2.24) is 4.98 Å². The van der Waals surface area contributed by atoms with Gasteiger partial charge in [-0.15, -0.1) is 0 Å². The number of aryl methyl sites for hydroxylation is 1. The van der Waals surface area contributed by atoms with Crippen LogP contribution in [0.25, 0.3) is 0 Å². The van der Waals surface area contributed by atoms with E-state index in [0.29, 0.717) is 11.6 Å². The lowest BCUT2D eigenvalue weighted by molar-refractivity contribution is 0.318. The standard InChI is InChI=1S/C13H22N4OS/c1-9-7-11(13(14)16-18)8-12(15-9)17(3)10(2)5-6-19-4/h7-8,10,18H,5-6H2,1-4H3,(H2,14,16). The third kappa shape index (κ3) is 4.31. The van der Waals surface area contributed by atoms with E-state index in [-0.39, 0.29) is 5.84 Å². The molecule has 19 heavy (non-hydrogen) atoms. The van der Waals surface area contributed by atoms with Crippen LogP contribution in [0.4, 0.5) is 5.82 Å². The monoisotopic (exact) mass is 282 g/mol. The fraction of sp³-hybridized carbons (Fsp3) is 0.538. The van der Waals surface area contributed by atoms with Gasteiger partial charge in [0, 0.05) is 24.3 Å². The van der Waals surface area contributed by atoms with Gasteiger partial charge in [0.1, 0.15) is 5.82 Å². The third-order valence-electron chi connectivity index (χ3n) is 3.11. The zero-order valence-electron chi connectivity index (χ0n) is 11.9. The average molecular weight is 282 g/mol. The van der Waals surface area contributed by atoms with E-state index in [1.54, 1.807) is 6.07 Å². The van der Waals surface area contributed by atoms with Crippen molar-refractivity contribution in [3.8, 4) is 0 Å². The Balaban J connectivity index is 2.96. The number of pyridine rings is 1. The highest BCUT2D eigenvalue weighted by Gasteiger charge is 2.13. The van der Waals surface area contributed by atoms with E-state index < -0.39 is 0 Å². The van der Waals surface area contributed by atoms with Crippen LogP contribution in [0.1, 0.15) is 24.6 Å². The first kappa shape index (κ1) is 15.6. The van der Waals surface area contributed by atoms with Crippen LogP contribution in [-0.2, 0) is 0 Å². The molecule has 1 unspecified atom stereocenters. The minimum Gasteiger partial charge on any atom is -0.409 e. The number of anilines is 1. The lowest BCUT2D eigenvalue weighted by Crippen LogP contribution is -2.30. The Hall–Kier alpha value is -1.43. The van der Waals surface area contributed by atoms with Crippen molar-refractivity contribution in [2.24, 2.45) is 10.9 Å². The molecule has 1 aromatic rings. The van der Waals surface area contributed by atoms with Crippen molar-refractivity contribution in [2.75, 3.05) is 24.0 Å². The predicted octanol–water partition coefficient (Wildman–Crippen LogP) is 2.06. The highest BCUT2D eigenvalue weighted by atomic mass is 32.2. The van der Waals surface area contributed by atoms with Crippen LogP contribution >= 0.6 is 11.8 Å². The van der Waals surface area contributed by atoms with Crippen LogP contribution in [0.5, 0.6) is 0 Å². The summed E-state index contributed by atoms with van der Waals surface area (Å²) >= 11 is 1.84. The molecule has 1 aromatic heterocycles. The molecule has 1 heterocycles. The Morgan fingerprint density at radius 3 is 2.84 bits per heavy atom. The molecule has 3 N–H and O–H groups in total. The minimum atomic E-state index is 0.108. The van der Waals surface area contributed by atoms with E-state index in [9.17, 15) is 0 Å². The first-order chi connectivity index (χ1) is 8.99. The van der Waals surface area contributed by atoms with Crippen molar-refractivity contribution in [3.05, 3.63) is 23.4 Å². The molecule has 0 spiro atoms. The van der Waals surface area contributed by atoms with E-state index >= 15 is 0 Å². The maximum Gasteiger partial charge on any atom is 0.170 e. The minimum absolute atomic E-state index is 0.108. The number of oxime groups is 1. The second-order valence-electron chi connectivity index (χ2n) is 4.58. The number of hydrogen-bond donors (Lipinski definition) is 2. The number of nitrogens with two attached hydrogens (primary N) is 1. The summed E-state index contributed by atoms with van der Waals surface area (Å²) in [5, 5.41) is 11.8. The first-order valence-electron chi connectivity index (χ1n) is 6.18. The van der Waals surface area contributed by atoms with Gasteiger partial charge in [-0.1, -0.05) is 5.16 Å². The highest BCUT2D eigenvalue weighted by Crippen LogP contribution is 2.18. The molecular weight excluding hydrogens is 260 g/mol. The summed E-state index contributed by atoms with van der Waals surface area (Å²) in [7, 11) is 2.02. The van der Waals surface area contributed by atoms with E-state index in [2.05, 4.69) is 28.2 Å². The Morgan fingerprint density at radius 1 is 1.58 bits per heavy atom. The summed E-state index contributed by atoms with van der Waals surface area (Å²) in [6.07, 6.45) is 3.19. The fourth-order valence-corrected chi connectivity index (χ4v) is 2.32. The van der Waals surface area contributed by atoms with E-state index in [1.165, 1.54) is 0 Å². The number of aromatic nitrogens is 1. The maximum atomic E-state index is 8.76. The topological polar surface area (TPSA) is 74.7 Å². The smallest absolute Gasteiger partial charge is 0.170 e. The van der Waals surface area contributed by atoms with Crippen molar-refractivity contribution in [1.29, 1.82) is 0 Å². The molecule has 0 saturated carbocycles. The molecule has 6 heteroatoms. The van der Waals surface area contributed by atoms with Crippen LogP contribution in [0.2, 0.25) is 0 Å². The molecule has 106 valence electrons. The molecule has 1 rings (SSSR count). The molecule has 0 aliphatic heterocycles. The molecule has 0 radical (unpaired) electrons. The number of thioether (sulfide) groups is 1. The Morgan fingerprint density at radius 2 is 2.26 bits per heavy atom. The molecule has 5 nitrogen and oxygen atoms in total. The fourth-order valence-electron chi connectivity index (χ4n) is 1.75. The number of hydrogen-bond acceptors (Lipinski definition) is 5. The van der Waals surface area contributed by atoms with Gasteiger partial charge < -0.3 is 15.8 Å². The van der Waals surface area contributed by atoms with E-state index in [0.717, 1.165) is 23.7 Å². The summed E-state index contributed by atoms with van der Waals surface area (Å²) in [4.78, 5) is 6.63. The normalized spacial score (nSPS) is 13.4. The molecule has 1 atom stereocenters. The van der Waals surface area contributed by atoms with Gasteiger partial charge in [0.25, 0.3) is 0 Å². The average Bonchev–Trinajstić information content (AvgIpc) is 2.42. The quantitative estimate of drug-likeness (QED) is 0.361. The van der Waals surface area contributed by atoms with Crippen LogP contribution in [-0.4, -0.2) is 41.1 Å². The SMILES string of the molecule is CSCCC(C)N(C)c1cc(/C(N)=N/O)cc(C)n1. The summed E-state index contributed by atoms with van der Waals surface area (Å²) in [5.41, 5.74) is 7.18. The highest BCUT2D eigenvalue weighted by molar-refractivity contribution is 7.98. The van der Waals surface area contributed by atoms with Crippen molar-refractivity contribution in [3.63, 3.8) is 0 Å². The summed E-state index contributed by atoms with van der Waals surface area (Å²) < 4.78 is 0. The first-order valence-corrected chi connectivity index (χ1v) is 7.57. The summed E-state index contributed by atoms with van der Waals surface area (Å²) in [6.45, 7) is 4.07.